The molecule has 1 atom stereocenters. The Morgan fingerprint density at radius 1 is 1.25 bits per heavy atom. The van der Waals surface area contributed by atoms with E-state index in [9.17, 15) is 18.7 Å². The molecule has 0 unspecified atom stereocenters. The van der Waals surface area contributed by atoms with Gasteiger partial charge in [0.15, 0.2) is 0 Å². The number of benzene rings is 2. The second-order valence-corrected chi connectivity index (χ2v) is 5.24. The fourth-order valence-corrected chi connectivity index (χ4v) is 1.92. The van der Waals surface area contributed by atoms with Gasteiger partial charge in [-0.1, -0.05) is 12.1 Å². The molecular weight excluding hydrogens is 318 g/mol. The number of ether oxygens (including phenoxy) is 1. The molecule has 128 valence electrons. The molecule has 2 amide bonds. The van der Waals surface area contributed by atoms with Crippen LogP contribution in [0.1, 0.15) is 5.56 Å². The van der Waals surface area contributed by atoms with Crippen molar-refractivity contribution in [3.05, 3.63) is 59.7 Å². The highest BCUT2D eigenvalue weighted by atomic mass is 19.1. The van der Waals surface area contributed by atoms with Gasteiger partial charge in [0.2, 0.25) is 0 Å². The minimum Gasteiger partial charge on any atom is -0.491 e. The molecule has 2 aromatic carbocycles. The summed E-state index contributed by atoms with van der Waals surface area (Å²) in [4.78, 5) is 11.6. The number of rotatable bonds is 6. The summed E-state index contributed by atoms with van der Waals surface area (Å²) in [5, 5.41) is 14.4. The second-order valence-electron chi connectivity index (χ2n) is 5.24. The molecule has 2 aromatic rings. The van der Waals surface area contributed by atoms with Crippen LogP contribution in [0.4, 0.5) is 19.3 Å². The van der Waals surface area contributed by atoms with E-state index in [1.54, 1.807) is 6.07 Å². The number of nitrogens with one attached hydrogen (secondary N) is 2. The Balaban J connectivity index is 1.74. The summed E-state index contributed by atoms with van der Waals surface area (Å²) in [5.41, 5.74) is 0.875. The van der Waals surface area contributed by atoms with E-state index in [0.717, 1.165) is 17.7 Å². The fourth-order valence-electron chi connectivity index (χ4n) is 1.92. The predicted octanol–water partition coefficient (Wildman–Crippen LogP) is 2.83. The molecule has 0 aliphatic rings. The third-order valence-corrected chi connectivity index (χ3v) is 3.11. The standard InChI is InChI=1S/C17H18F2N2O3/c1-11-3-2-4-14(7-11)24-10-13(22)9-20-17(23)21-16-6-5-12(18)8-15(16)19/h2-8,13,22H,9-10H2,1H3,(H2,20,21,23)/t13-/m1/s1. The Bertz CT molecular complexity index is 710. The van der Waals surface area contributed by atoms with Gasteiger partial charge in [0, 0.05) is 12.6 Å². The zero-order chi connectivity index (χ0) is 17.5. The van der Waals surface area contributed by atoms with Crippen molar-refractivity contribution in [2.75, 3.05) is 18.5 Å². The number of aryl methyl sites for hydroxylation is 1. The Labute approximate surface area is 138 Å². The number of carbonyl (C=O) groups is 1. The van der Waals surface area contributed by atoms with Crippen molar-refractivity contribution in [2.24, 2.45) is 0 Å². The van der Waals surface area contributed by atoms with E-state index < -0.39 is 23.8 Å². The van der Waals surface area contributed by atoms with Gasteiger partial charge in [-0.3, -0.25) is 0 Å². The zero-order valence-corrected chi connectivity index (χ0v) is 13.1. The maximum atomic E-state index is 13.4. The van der Waals surface area contributed by atoms with Crippen LogP contribution in [0, 0.1) is 18.6 Å². The van der Waals surface area contributed by atoms with Gasteiger partial charge in [0.1, 0.15) is 30.1 Å². The normalized spacial score (nSPS) is 11.7. The van der Waals surface area contributed by atoms with Crippen LogP contribution in [-0.2, 0) is 0 Å². The van der Waals surface area contributed by atoms with Gasteiger partial charge in [-0.25, -0.2) is 13.6 Å². The number of urea groups is 1. The Kier molecular flexibility index (Phi) is 6.08. The first-order chi connectivity index (χ1) is 11.4. The van der Waals surface area contributed by atoms with E-state index in [1.807, 2.05) is 25.1 Å². The van der Waals surface area contributed by atoms with Gasteiger partial charge in [-0.05, 0) is 36.8 Å². The van der Waals surface area contributed by atoms with E-state index in [4.69, 9.17) is 4.74 Å². The number of aliphatic hydroxyl groups excluding tert-OH is 1. The molecule has 0 heterocycles. The monoisotopic (exact) mass is 336 g/mol. The molecule has 0 aliphatic carbocycles. The summed E-state index contributed by atoms with van der Waals surface area (Å²) in [6.45, 7) is 1.83. The van der Waals surface area contributed by atoms with Crippen LogP contribution in [0.5, 0.6) is 5.75 Å². The molecule has 0 bridgehead atoms. The lowest BCUT2D eigenvalue weighted by Crippen LogP contribution is -2.37. The van der Waals surface area contributed by atoms with Crippen molar-refractivity contribution in [3.63, 3.8) is 0 Å². The first-order valence-electron chi connectivity index (χ1n) is 7.31. The van der Waals surface area contributed by atoms with Crippen molar-refractivity contribution in [1.82, 2.24) is 5.32 Å². The lowest BCUT2D eigenvalue weighted by atomic mass is 10.2. The summed E-state index contributed by atoms with van der Waals surface area (Å²) >= 11 is 0. The minimum absolute atomic E-state index is 0.00531. The lowest BCUT2D eigenvalue weighted by molar-refractivity contribution is 0.108. The van der Waals surface area contributed by atoms with Crippen LogP contribution in [0.3, 0.4) is 0 Å². The molecular formula is C17H18F2N2O3. The third-order valence-electron chi connectivity index (χ3n) is 3.11. The maximum Gasteiger partial charge on any atom is 0.319 e. The summed E-state index contributed by atoms with van der Waals surface area (Å²) in [5.74, 6) is -0.998. The average Bonchev–Trinajstić information content (AvgIpc) is 2.54. The molecule has 2 rings (SSSR count). The molecule has 0 fully saturated rings. The number of aliphatic hydroxyl groups is 1. The number of hydrogen-bond acceptors (Lipinski definition) is 3. The predicted molar refractivity (Wildman–Crippen MR) is 86.1 cm³/mol. The highest BCUT2D eigenvalue weighted by Gasteiger charge is 2.10. The van der Waals surface area contributed by atoms with E-state index >= 15 is 0 Å². The second kappa shape index (κ2) is 8.26. The van der Waals surface area contributed by atoms with E-state index in [0.29, 0.717) is 11.8 Å². The van der Waals surface area contributed by atoms with Gasteiger partial charge in [-0.15, -0.1) is 0 Å². The van der Waals surface area contributed by atoms with E-state index in [-0.39, 0.29) is 18.8 Å². The summed E-state index contributed by atoms with van der Waals surface area (Å²) in [7, 11) is 0. The smallest absolute Gasteiger partial charge is 0.319 e. The molecule has 0 aliphatic heterocycles. The van der Waals surface area contributed by atoms with Crippen LogP contribution >= 0.6 is 0 Å². The number of hydrogen-bond donors (Lipinski definition) is 3. The largest absolute Gasteiger partial charge is 0.491 e. The topological polar surface area (TPSA) is 70.6 Å². The van der Waals surface area contributed by atoms with Crippen molar-refractivity contribution >= 4 is 11.7 Å². The quantitative estimate of drug-likeness (QED) is 0.760. The SMILES string of the molecule is Cc1cccc(OC[C@H](O)CNC(=O)Nc2ccc(F)cc2F)c1. The number of halogens is 2. The van der Waals surface area contributed by atoms with Crippen LogP contribution < -0.4 is 15.4 Å². The molecule has 5 nitrogen and oxygen atoms in total. The van der Waals surface area contributed by atoms with Crippen molar-refractivity contribution in [2.45, 2.75) is 13.0 Å². The molecule has 0 saturated carbocycles. The van der Waals surface area contributed by atoms with E-state index in [2.05, 4.69) is 10.6 Å². The Morgan fingerprint density at radius 2 is 2.04 bits per heavy atom. The highest BCUT2D eigenvalue weighted by Crippen LogP contribution is 2.14. The highest BCUT2D eigenvalue weighted by molar-refractivity contribution is 5.89. The van der Waals surface area contributed by atoms with Gasteiger partial charge >= 0.3 is 6.03 Å². The lowest BCUT2D eigenvalue weighted by Gasteiger charge is -2.14. The summed E-state index contributed by atoms with van der Waals surface area (Å²) in [6.07, 6.45) is -0.936. The minimum atomic E-state index is -0.936. The number of anilines is 1. The molecule has 0 radical (unpaired) electrons. The van der Waals surface area contributed by atoms with Crippen molar-refractivity contribution in [3.8, 4) is 5.75 Å². The Hall–Kier alpha value is -2.67. The molecule has 0 aromatic heterocycles. The summed E-state index contributed by atoms with van der Waals surface area (Å²) in [6, 6.07) is 9.44. The van der Waals surface area contributed by atoms with Crippen LogP contribution in [0.15, 0.2) is 42.5 Å². The molecule has 3 N–H and O–H groups in total. The van der Waals surface area contributed by atoms with Crippen LogP contribution in [-0.4, -0.2) is 30.4 Å². The first-order valence-corrected chi connectivity index (χ1v) is 7.31. The molecule has 7 heteroatoms. The van der Waals surface area contributed by atoms with Gasteiger partial charge in [0.05, 0.1) is 5.69 Å². The number of amides is 2. The van der Waals surface area contributed by atoms with Crippen LogP contribution in [0.25, 0.3) is 0 Å². The maximum absolute atomic E-state index is 13.4. The van der Waals surface area contributed by atoms with E-state index in [1.165, 1.54) is 0 Å². The van der Waals surface area contributed by atoms with Crippen molar-refractivity contribution in [1.29, 1.82) is 0 Å². The average molecular weight is 336 g/mol. The first kappa shape index (κ1) is 17.7. The molecule has 0 spiro atoms. The number of carbonyl (C=O) groups excluding carboxylic acids is 1. The fraction of sp³-hybridized carbons (Fsp3) is 0.235. The molecule has 0 saturated heterocycles. The van der Waals surface area contributed by atoms with Crippen LogP contribution in [0.2, 0.25) is 0 Å². The van der Waals surface area contributed by atoms with Gasteiger partial charge in [-0.2, -0.15) is 0 Å². The zero-order valence-electron chi connectivity index (χ0n) is 13.1. The van der Waals surface area contributed by atoms with Gasteiger partial charge < -0.3 is 20.5 Å². The summed E-state index contributed by atoms with van der Waals surface area (Å²) < 4.78 is 31.6. The third kappa shape index (κ3) is 5.51. The Morgan fingerprint density at radius 3 is 2.75 bits per heavy atom. The molecule has 24 heavy (non-hydrogen) atoms. The van der Waals surface area contributed by atoms with Gasteiger partial charge in [0.25, 0.3) is 0 Å². The van der Waals surface area contributed by atoms with Crippen molar-refractivity contribution < 1.29 is 23.4 Å².